The van der Waals surface area contributed by atoms with E-state index in [2.05, 4.69) is 28.6 Å². The molecule has 0 aliphatic carbocycles. The molecule has 0 amide bonds. The molecule has 0 spiro atoms. The Morgan fingerprint density at radius 2 is 2.23 bits per heavy atom. The summed E-state index contributed by atoms with van der Waals surface area (Å²) in [6, 6.07) is 10.4. The van der Waals surface area contributed by atoms with Gasteiger partial charge in [-0.25, -0.2) is 0 Å². The third-order valence-electron chi connectivity index (χ3n) is 7.17. The van der Waals surface area contributed by atoms with Crippen LogP contribution in [0.25, 0.3) is 10.9 Å². The number of para-hydroxylation sites is 1. The lowest BCUT2D eigenvalue weighted by Crippen LogP contribution is -2.55. The molecule has 2 aromatic rings. The van der Waals surface area contributed by atoms with E-state index in [0.29, 0.717) is 18.3 Å². The third kappa shape index (κ3) is 3.77. The number of rotatable bonds is 6. The Morgan fingerprint density at radius 1 is 1.33 bits per heavy atom. The van der Waals surface area contributed by atoms with Crippen molar-refractivity contribution in [3.05, 3.63) is 54.7 Å². The summed E-state index contributed by atoms with van der Waals surface area (Å²) < 4.78 is 11.9. The van der Waals surface area contributed by atoms with E-state index in [4.69, 9.17) is 9.47 Å². The lowest BCUT2D eigenvalue weighted by Gasteiger charge is -2.51. The van der Waals surface area contributed by atoms with Crippen LogP contribution in [0.4, 0.5) is 0 Å². The Balaban J connectivity index is 1.46. The number of hydrogen-bond acceptors (Lipinski definition) is 5. The van der Waals surface area contributed by atoms with Gasteiger partial charge in [0.2, 0.25) is 0 Å². The van der Waals surface area contributed by atoms with Crippen LogP contribution in [0, 0.1) is 11.8 Å². The van der Waals surface area contributed by atoms with Crippen molar-refractivity contribution < 1.29 is 14.3 Å². The SMILES string of the molecule is C=C[C@@H]1CN2CC[C@H]1C[C@@H]2[C@H](OC(=O)C[C@H]1CCCO1)c1ccnc2ccccc12. The summed E-state index contributed by atoms with van der Waals surface area (Å²) in [5, 5.41) is 1.07. The lowest BCUT2D eigenvalue weighted by atomic mass is 9.73. The molecule has 4 saturated heterocycles. The second kappa shape index (κ2) is 8.48. The fraction of sp³-hybridized carbons (Fsp3) is 0.520. The van der Waals surface area contributed by atoms with Gasteiger partial charge in [0.1, 0.15) is 6.10 Å². The summed E-state index contributed by atoms with van der Waals surface area (Å²) in [5.74, 6) is 0.994. The summed E-state index contributed by atoms with van der Waals surface area (Å²) >= 11 is 0. The van der Waals surface area contributed by atoms with Crippen molar-refractivity contribution in [1.82, 2.24) is 9.88 Å². The maximum Gasteiger partial charge on any atom is 0.309 e. The first kappa shape index (κ1) is 19.7. The van der Waals surface area contributed by atoms with Gasteiger partial charge in [-0.1, -0.05) is 24.3 Å². The van der Waals surface area contributed by atoms with Crippen molar-refractivity contribution in [3.8, 4) is 0 Å². The van der Waals surface area contributed by atoms with Crippen LogP contribution in [0.2, 0.25) is 0 Å². The van der Waals surface area contributed by atoms with Crippen LogP contribution in [-0.2, 0) is 14.3 Å². The van der Waals surface area contributed by atoms with Crippen LogP contribution in [0.1, 0.15) is 43.8 Å². The molecular weight excluding hydrogens is 376 g/mol. The number of nitrogens with zero attached hydrogens (tertiary/aromatic N) is 2. The van der Waals surface area contributed by atoms with Crippen molar-refractivity contribution >= 4 is 16.9 Å². The summed E-state index contributed by atoms with van der Waals surface area (Å²) in [5.41, 5.74) is 2.00. The van der Waals surface area contributed by atoms with Gasteiger partial charge in [0.25, 0.3) is 0 Å². The smallest absolute Gasteiger partial charge is 0.309 e. The first-order valence-electron chi connectivity index (χ1n) is 11.2. The van der Waals surface area contributed by atoms with Crippen LogP contribution in [0.15, 0.2) is 49.2 Å². The fourth-order valence-electron chi connectivity index (χ4n) is 5.59. The second-order valence-electron chi connectivity index (χ2n) is 8.91. The van der Waals surface area contributed by atoms with Crippen molar-refractivity contribution in [1.29, 1.82) is 0 Å². The number of carbonyl (C=O) groups excluding carboxylic acids is 1. The van der Waals surface area contributed by atoms with Gasteiger partial charge in [-0.15, -0.1) is 6.58 Å². The number of fused-ring (bicyclic) bond motifs is 4. The van der Waals surface area contributed by atoms with Gasteiger partial charge >= 0.3 is 5.97 Å². The topological polar surface area (TPSA) is 51.7 Å². The van der Waals surface area contributed by atoms with E-state index >= 15 is 0 Å². The maximum absolute atomic E-state index is 12.9. The highest BCUT2D eigenvalue weighted by Gasteiger charge is 2.44. The minimum absolute atomic E-state index is 0.000550. The van der Waals surface area contributed by atoms with E-state index in [1.54, 1.807) is 0 Å². The van der Waals surface area contributed by atoms with Crippen LogP contribution >= 0.6 is 0 Å². The zero-order chi connectivity index (χ0) is 20.5. The first-order chi connectivity index (χ1) is 14.7. The third-order valence-corrected chi connectivity index (χ3v) is 7.17. The molecule has 5 heteroatoms. The molecule has 5 nitrogen and oxygen atoms in total. The normalized spacial score (nSPS) is 31.5. The summed E-state index contributed by atoms with van der Waals surface area (Å²) in [7, 11) is 0. The van der Waals surface area contributed by atoms with Gasteiger partial charge in [0.05, 0.1) is 24.1 Å². The summed E-state index contributed by atoms with van der Waals surface area (Å²) in [6.45, 7) is 6.85. The molecule has 0 saturated carbocycles. The first-order valence-corrected chi connectivity index (χ1v) is 11.2. The number of pyridine rings is 1. The zero-order valence-corrected chi connectivity index (χ0v) is 17.4. The molecule has 5 heterocycles. The number of esters is 1. The number of benzene rings is 1. The van der Waals surface area contributed by atoms with E-state index in [-0.39, 0.29) is 24.2 Å². The van der Waals surface area contributed by atoms with Crippen molar-refractivity contribution in [2.75, 3.05) is 19.7 Å². The van der Waals surface area contributed by atoms with Crippen molar-refractivity contribution in [2.45, 2.75) is 50.4 Å². The molecule has 6 atom stereocenters. The average Bonchev–Trinajstić information content (AvgIpc) is 3.30. The molecule has 158 valence electrons. The number of hydrogen-bond donors (Lipinski definition) is 0. The van der Waals surface area contributed by atoms with Crippen LogP contribution in [0.5, 0.6) is 0 Å². The van der Waals surface area contributed by atoms with Crippen LogP contribution < -0.4 is 0 Å². The highest BCUT2D eigenvalue weighted by atomic mass is 16.5. The van der Waals surface area contributed by atoms with Gasteiger partial charge in [0.15, 0.2) is 0 Å². The molecular formula is C25H30N2O3. The van der Waals surface area contributed by atoms with E-state index in [1.165, 1.54) is 6.42 Å². The average molecular weight is 407 g/mol. The highest BCUT2D eigenvalue weighted by molar-refractivity contribution is 5.82. The Labute approximate surface area is 178 Å². The minimum Gasteiger partial charge on any atom is -0.456 e. The zero-order valence-electron chi connectivity index (χ0n) is 17.4. The molecule has 0 N–H and O–H groups in total. The molecule has 4 aliphatic heterocycles. The number of carbonyl (C=O) groups is 1. The monoisotopic (exact) mass is 406 g/mol. The van der Waals surface area contributed by atoms with E-state index in [9.17, 15) is 4.79 Å². The predicted octanol–water partition coefficient (Wildman–Crippen LogP) is 4.28. The van der Waals surface area contributed by atoms with Crippen LogP contribution in [-0.4, -0.2) is 47.7 Å². The Morgan fingerprint density at radius 3 is 3.00 bits per heavy atom. The van der Waals surface area contributed by atoms with E-state index < -0.39 is 0 Å². The van der Waals surface area contributed by atoms with Crippen molar-refractivity contribution in [3.63, 3.8) is 0 Å². The molecule has 0 radical (unpaired) electrons. The van der Waals surface area contributed by atoms with Gasteiger partial charge < -0.3 is 9.47 Å². The van der Waals surface area contributed by atoms with Crippen molar-refractivity contribution in [2.24, 2.45) is 11.8 Å². The second-order valence-corrected chi connectivity index (χ2v) is 8.91. The molecule has 1 aromatic carbocycles. The molecule has 2 bridgehead atoms. The van der Waals surface area contributed by atoms with Crippen LogP contribution in [0.3, 0.4) is 0 Å². The summed E-state index contributed by atoms with van der Waals surface area (Å²) in [6.07, 6.45) is 8.18. The largest absolute Gasteiger partial charge is 0.456 e. The molecule has 30 heavy (non-hydrogen) atoms. The van der Waals surface area contributed by atoms with E-state index in [1.807, 2.05) is 30.5 Å². The Bertz CT molecular complexity index is 918. The van der Waals surface area contributed by atoms with E-state index in [0.717, 1.165) is 55.4 Å². The number of piperidine rings is 3. The lowest BCUT2D eigenvalue weighted by molar-refractivity contribution is -0.159. The number of aromatic nitrogens is 1. The summed E-state index contributed by atoms with van der Waals surface area (Å²) in [4.78, 5) is 20.0. The standard InChI is InChI=1S/C25H30N2O3/c1-2-17-16-27-12-10-18(17)14-23(27)25(30-24(28)15-19-6-5-13-29-19)21-9-11-26-22-8-4-3-7-20(21)22/h2-4,7-9,11,17-19,23,25H,1,5-6,10,12-16H2/t17-,18+,19-,23-,25-/m1/s1. The minimum atomic E-state index is -0.291. The van der Waals surface area contributed by atoms with Gasteiger partial charge in [-0.05, 0) is 56.2 Å². The molecule has 6 rings (SSSR count). The number of ether oxygens (including phenoxy) is 2. The quantitative estimate of drug-likeness (QED) is 0.529. The molecule has 1 aromatic heterocycles. The molecule has 4 fully saturated rings. The predicted molar refractivity (Wildman–Crippen MR) is 116 cm³/mol. The molecule has 4 aliphatic rings. The Kier molecular flexibility index (Phi) is 5.57. The molecule has 1 unspecified atom stereocenters. The van der Waals surface area contributed by atoms with Gasteiger partial charge in [-0.2, -0.15) is 0 Å². The fourth-order valence-corrected chi connectivity index (χ4v) is 5.59. The van der Waals surface area contributed by atoms with Gasteiger partial charge in [0, 0.05) is 30.3 Å². The highest BCUT2D eigenvalue weighted by Crippen LogP contribution is 2.43. The Hall–Kier alpha value is -2.24. The maximum atomic E-state index is 12.9. The van der Waals surface area contributed by atoms with Gasteiger partial charge in [-0.3, -0.25) is 14.7 Å².